The Labute approximate surface area is 176 Å². The molecule has 1 aliphatic rings. The van der Waals surface area contributed by atoms with Gasteiger partial charge in [0, 0.05) is 0 Å². The van der Waals surface area contributed by atoms with Crippen LogP contribution in [0.25, 0.3) is 0 Å². The molecule has 0 radical (unpaired) electrons. The van der Waals surface area contributed by atoms with Crippen LogP contribution in [0.4, 0.5) is 4.39 Å². The molecule has 0 aliphatic heterocycles. The molecule has 0 saturated heterocycles. The van der Waals surface area contributed by atoms with Crippen molar-refractivity contribution in [1.29, 1.82) is 0 Å². The van der Waals surface area contributed by atoms with Gasteiger partial charge in [-0.05, 0) is 60.6 Å². The molecule has 0 unspecified atom stereocenters. The first-order valence-corrected chi connectivity index (χ1v) is 11.6. The zero-order valence-electron chi connectivity index (χ0n) is 17.2. The fourth-order valence-corrected chi connectivity index (χ4v) is 4.90. The Morgan fingerprint density at radius 3 is 2.60 bits per heavy atom. The number of halogens is 1. The summed E-state index contributed by atoms with van der Waals surface area (Å²) in [5.74, 6) is -0.923. The van der Waals surface area contributed by atoms with Crippen LogP contribution in [0, 0.1) is 11.7 Å². The molecule has 2 aromatic carbocycles. The number of ether oxygens (including phenoxy) is 1. The highest BCUT2D eigenvalue weighted by Gasteiger charge is 2.29. The average Bonchev–Trinajstić information content (AvgIpc) is 3.17. The molecule has 8 heteroatoms. The van der Waals surface area contributed by atoms with Crippen LogP contribution in [0.5, 0.6) is 5.75 Å². The van der Waals surface area contributed by atoms with Crippen molar-refractivity contribution in [3.8, 4) is 5.75 Å². The smallest absolute Gasteiger partial charge is 0.244 e. The van der Waals surface area contributed by atoms with Crippen molar-refractivity contribution >= 4 is 15.9 Å². The number of fused-ring (bicyclic) bond motifs is 1. The number of nitrogens with one attached hydrogen (secondary N) is 2. The number of rotatable bonds is 9. The molecule has 0 fully saturated rings. The molecule has 0 bridgehead atoms. The highest BCUT2D eigenvalue weighted by molar-refractivity contribution is 7.89. The molecule has 1 aliphatic carbocycles. The lowest BCUT2D eigenvalue weighted by atomic mass is 10.1. The van der Waals surface area contributed by atoms with Crippen LogP contribution < -0.4 is 14.8 Å². The van der Waals surface area contributed by atoms with Gasteiger partial charge in [-0.1, -0.05) is 32.0 Å². The van der Waals surface area contributed by atoms with Gasteiger partial charge in [0.15, 0.2) is 0 Å². The molecular formula is C22H27FN2O4S. The third-order valence-corrected chi connectivity index (χ3v) is 6.57. The summed E-state index contributed by atoms with van der Waals surface area (Å²) in [6.45, 7) is 3.92. The van der Waals surface area contributed by atoms with Crippen LogP contribution in [0.1, 0.15) is 31.4 Å². The Kier molecular flexibility index (Phi) is 7.10. The van der Waals surface area contributed by atoms with Gasteiger partial charge in [0.05, 0.1) is 6.54 Å². The minimum absolute atomic E-state index is 0.223. The minimum atomic E-state index is -4.18. The van der Waals surface area contributed by atoms with Crippen LogP contribution >= 0.6 is 0 Å². The maximum Gasteiger partial charge on any atom is 0.244 e. The van der Waals surface area contributed by atoms with Crippen LogP contribution in [0.2, 0.25) is 0 Å². The number of hydrogen-bond acceptors (Lipinski definition) is 4. The van der Waals surface area contributed by atoms with Gasteiger partial charge in [-0.25, -0.2) is 12.8 Å². The van der Waals surface area contributed by atoms with Gasteiger partial charge < -0.3 is 10.1 Å². The molecule has 2 N–H and O–H groups in total. The van der Waals surface area contributed by atoms with Crippen molar-refractivity contribution in [2.24, 2.45) is 5.92 Å². The predicted octanol–water partition coefficient (Wildman–Crippen LogP) is 2.81. The molecule has 1 atom stereocenters. The molecule has 30 heavy (non-hydrogen) atoms. The van der Waals surface area contributed by atoms with E-state index in [0.29, 0.717) is 0 Å². The van der Waals surface area contributed by atoms with E-state index in [9.17, 15) is 17.6 Å². The molecule has 0 saturated carbocycles. The monoisotopic (exact) mass is 434 g/mol. The third-order valence-electron chi connectivity index (χ3n) is 5.10. The summed E-state index contributed by atoms with van der Waals surface area (Å²) in [6, 6.07) is 10.1. The van der Waals surface area contributed by atoms with E-state index in [-0.39, 0.29) is 19.1 Å². The fourth-order valence-electron chi connectivity index (χ4n) is 3.48. The highest BCUT2D eigenvalue weighted by atomic mass is 32.2. The Hall–Kier alpha value is -2.45. The standard InChI is InChI=1S/C22H27FN2O4S/c1-15(2)21(25-30(27,28)20-9-4-3-8-19(20)23)22(26)24-12-13-29-18-11-10-16-6-5-7-17(16)14-18/h3-4,8-11,14-15,21,25H,5-7,12-13H2,1-2H3,(H,24,26)/t21-/m0/s1. The van der Waals surface area contributed by atoms with Crippen LogP contribution in [0.15, 0.2) is 47.4 Å². The molecule has 0 heterocycles. The van der Waals surface area contributed by atoms with Crippen molar-refractivity contribution < 1.29 is 22.3 Å². The number of amides is 1. The van der Waals surface area contributed by atoms with E-state index in [1.54, 1.807) is 13.8 Å². The lowest BCUT2D eigenvalue weighted by molar-refractivity contribution is -0.123. The SMILES string of the molecule is CC(C)[C@H](NS(=O)(=O)c1ccccc1F)C(=O)NCCOc1ccc2c(c1)CCC2. The van der Waals surface area contributed by atoms with Gasteiger partial charge in [0.25, 0.3) is 0 Å². The van der Waals surface area contributed by atoms with Crippen molar-refractivity contribution in [1.82, 2.24) is 10.0 Å². The normalized spacial score (nSPS) is 14.4. The Bertz CT molecular complexity index is 1010. The van der Waals surface area contributed by atoms with E-state index in [1.807, 2.05) is 12.1 Å². The molecule has 6 nitrogen and oxygen atoms in total. The second-order valence-electron chi connectivity index (χ2n) is 7.70. The summed E-state index contributed by atoms with van der Waals surface area (Å²) in [7, 11) is -4.18. The molecule has 3 rings (SSSR count). The number of sulfonamides is 1. The number of hydrogen-bond donors (Lipinski definition) is 2. The second kappa shape index (κ2) is 9.57. The summed E-state index contributed by atoms with van der Waals surface area (Å²) < 4.78 is 47.0. The highest BCUT2D eigenvalue weighted by Crippen LogP contribution is 2.25. The first-order chi connectivity index (χ1) is 14.3. The van der Waals surface area contributed by atoms with E-state index >= 15 is 0 Å². The molecule has 2 aromatic rings. The van der Waals surface area contributed by atoms with Gasteiger partial charge in [0.2, 0.25) is 15.9 Å². The zero-order valence-corrected chi connectivity index (χ0v) is 18.0. The number of carbonyl (C=O) groups is 1. The summed E-state index contributed by atoms with van der Waals surface area (Å²) in [4.78, 5) is 12.1. The number of benzene rings is 2. The van der Waals surface area contributed by atoms with Crippen molar-refractivity contribution in [2.45, 2.75) is 44.0 Å². The molecule has 162 valence electrons. The maximum absolute atomic E-state index is 13.9. The van der Waals surface area contributed by atoms with Gasteiger partial charge in [-0.3, -0.25) is 4.79 Å². The van der Waals surface area contributed by atoms with Gasteiger partial charge in [-0.2, -0.15) is 4.72 Å². The third kappa shape index (κ3) is 5.37. The van der Waals surface area contributed by atoms with Crippen LogP contribution in [0.3, 0.4) is 0 Å². The van der Waals surface area contributed by atoms with Crippen molar-refractivity contribution in [3.05, 3.63) is 59.4 Å². The first kappa shape index (κ1) is 22.2. The molecule has 1 amide bonds. The summed E-state index contributed by atoms with van der Waals surface area (Å²) >= 11 is 0. The molecular weight excluding hydrogens is 407 g/mol. The average molecular weight is 435 g/mol. The summed E-state index contributed by atoms with van der Waals surface area (Å²) in [5.41, 5.74) is 2.66. The van der Waals surface area contributed by atoms with Gasteiger partial charge in [0.1, 0.15) is 29.1 Å². The van der Waals surface area contributed by atoms with E-state index < -0.39 is 32.7 Å². The lowest BCUT2D eigenvalue weighted by Crippen LogP contribution is -2.50. The van der Waals surface area contributed by atoms with E-state index in [0.717, 1.165) is 37.1 Å². The van der Waals surface area contributed by atoms with E-state index in [1.165, 1.54) is 23.3 Å². The number of aryl methyl sites for hydroxylation is 2. The predicted molar refractivity (Wildman–Crippen MR) is 112 cm³/mol. The fraction of sp³-hybridized carbons (Fsp3) is 0.409. The van der Waals surface area contributed by atoms with E-state index in [2.05, 4.69) is 16.1 Å². The quantitative estimate of drug-likeness (QED) is 0.595. The Balaban J connectivity index is 1.55. The van der Waals surface area contributed by atoms with Crippen LogP contribution in [-0.2, 0) is 27.7 Å². The Morgan fingerprint density at radius 1 is 1.13 bits per heavy atom. The molecule has 0 aromatic heterocycles. The molecule has 0 spiro atoms. The first-order valence-electron chi connectivity index (χ1n) is 10.1. The zero-order chi connectivity index (χ0) is 21.7. The van der Waals surface area contributed by atoms with Gasteiger partial charge in [-0.15, -0.1) is 0 Å². The van der Waals surface area contributed by atoms with Crippen LogP contribution in [-0.4, -0.2) is 33.5 Å². The largest absolute Gasteiger partial charge is 0.492 e. The lowest BCUT2D eigenvalue weighted by Gasteiger charge is -2.22. The van der Waals surface area contributed by atoms with Crippen molar-refractivity contribution in [2.75, 3.05) is 13.2 Å². The van der Waals surface area contributed by atoms with Gasteiger partial charge >= 0.3 is 0 Å². The Morgan fingerprint density at radius 2 is 1.87 bits per heavy atom. The second-order valence-corrected chi connectivity index (χ2v) is 9.38. The summed E-state index contributed by atoms with van der Waals surface area (Å²) in [6.07, 6.45) is 3.32. The summed E-state index contributed by atoms with van der Waals surface area (Å²) in [5, 5.41) is 2.69. The van der Waals surface area contributed by atoms with E-state index in [4.69, 9.17) is 4.74 Å². The topological polar surface area (TPSA) is 84.5 Å². The number of carbonyl (C=O) groups excluding carboxylic acids is 1. The minimum Gasteiger partial charge on any atom is -0.492 e. The maximum atomic E-state index is 13.9. The van der Waals surface area contributed by atoms with Crippen molar-refractivity contribution in [3.63, 3.8) is 0 Å².